The molecule has 0 fully saturated rings. The molecule has 0 aliphatic heterocycles. The van der Waals surface area contributed by atoms with Crippen molar-refractivity contribution in [2.75, 3.05) is 6.61 Å². The smallest absolute Gasteiger partial charge is 0.302 e. The first-order chi connectivity index (χ1) is 8.22. The Bertz CT molecular complexity index is 557. The second kappa shape index (κ2) is 4.82. The van der Waals surface area contributed by atoms with Crippen molar-refractivity contribution in [2.24, 2.45) is 0 Å². The van der Waals surface area contributed by atoms with Crippen molar-refractivity contribution in [3.8, 4) is 0 Å². The predicted molar refractivity (Wildman–Crippen MR) is 64.0 cm³/mol. The molecule has 1 aromatic carbocycles. The van der Waals surface area contributed by atoms with Gasteiger partial charge in [0.15, 0.2) is 6.29 Å². The van der Waals surface area contributed by atoms with E-state index in [1.165, 1.54) is 6.92 Å². The summed E-state index contributed by atoms with van der Waals surface area (Å²) < 4.78 is 4.91. The lowest BCUT2D eigenvalue weighted by Gasteiger charge is -2.04. The Morgan fingerprint density at radius 3 is 3.00 bits per heavy atom. The Balaban J connectivity index is 2.25. The van der Waals surface area contributed by atoms with Gasteiger partial charge in [-0.15, -0.1) is 0 Å². The van der Waals surface area contributed by atoms with Crippen molar-refractivity contribution in [1.82, 2.24) is 4.98 Å². The van der Waals surface area contributed by atoms with Crippen LogP contribution in [0.2, 0.25) is 0 Å². The maximum absolute atomic E-state index is 10.8. The Morgan fingerprint density at radius 1 is 1.47 bits per heavy atom. The molecule has 1 aromatic heterocycles. The highest BCUT2D eigenvalue weighted by atomic mass is 16.5. The number of aromatic nitrogens is 1. The number of ether oxygens (including phenoxy) is 1. The predicted octanol–water partition coefficient (Wildman–Crippen LogP) is 2.09. The molecule has 1 heterocycles. The van der Waals surface area contributed by atoms with Gasteiger partial charge in [-0.2, -0.15) is 0 Å². The number of H-pyrrole nitrogens is 1. The summed E-state index contributed by atoms with van der Waals surface area (Å²) >= 11 is 0. The van der Waals surface area contributed by atoms with Crippen molar-refractivity contribution in [1.29, 1.82) is 0 Å². The molecule has 1 N–H and O–H groups in total. The molecule has 88 valence electrons. The number of benzene rings is 1. The minimum atomic E-state index is -0.280. The summed E-state index contributed by atoms with van der Waals surface area (Å²) in [7, 11) is 0. The fraction of sp³-hybridized carbons (Fsp3) is 0.231. The summed E-state index contributed by atoms with van der Waals surface area (Å²) in [6.07, 6.45) is 3.15. The van der Waals surface area contributed by atoms with E-state index in [0.717, 1.165) is 22.8 Å². The number of rotatable bonds is 4. The maximum atomic E-state index is 10.8. The van der Waals surface area contributed by atoms with E-state index in [2.05, 4.69) is 4.98 Å². The molecule has 0 bridgehead atoms. The SMILES string of the molecule is CC(=O)OCCc1cccc2c(C=O)c[nH]c12. The van der Waals surface area contributed by atoms with Crippen LogP contribution in [-0.2, 0) is 16.0 Å². The van der Waals surface area contributed by atoms with Crippen LogP contribution in [0, 0.1) is 0 Å². The number of aromatic amines is 1. The molecule has 0 aliphatic rings. The fourth-order valence-electron chi connectivity index (χ4n) is 1.85. The van der Waals surface area contributed by atoms with Gasteiger partial charge in [0.05, 0.1) is 6.61 Å². The van der Waals surface area contributed by atoms with Crippen LogP contribution in [0.25, 0.3) is 10.9 Å². The van der Waals surface area contributed by atoms with E-state index in [1.807, 2.05) is 18.2 Å². The molecule has 0 radical (unpaired) electrons. The average molecular weight is 231 g/mol. The number of fused-ring (bicyclic) bond motifs is 1. The van der Waals surface area contributed by atoms with Crippen molar-refractivity contribution in [3.63, 3.8) is 0 Å². The topological polar surface area (TPSA) is 59.2 Å². The summed E-state index contributed by atoms with van der Waals surface area (Å²) in [5, 5.41) is 0.903. The second-order valence-corrected chi connectivity index (χ2v) is 3.79. The van der Waals surface area contributed by atoms with Gasteiger partial charge in [0.25, 0.3) is 0 Å². The molecule has 0 saturated carbocycles. The van der Waals surface area contributed by atoms with E-state index in [0.29, 0.717) is 18.6 Å². The number of esters is 1. The highest BCUT2D eigenvalue weighted by Crippen LogP contribution is 2.20. The zero-order valence-electron chi connectivity index (χ0n) is 9.53. The van der Waals surface area contributed by atoms with Crippen LogP contribution in [0.4, 0.5) is 0 Å². The maximum Gasteiger partial charge on any atom is 0.302 e. The van der Waals surface area contributed by atoms with Crippen molar-refractivity contribution in [3.05, 3.63) is 35.5 Å². The van der Waals surface area contributed by atoms with E-state index >= 15 is 0 Å². The highest BCUT2D eigenvalue weighted by molar-refractivity contribution is 5.98. The number of carbonyl (C=O) groups excluding carboxylic acids is 2. The summed E-state index contributed by atoms with van der Waals surface area (Å²) in [4.78, 5) is 24.6. The van der Waals surface area contributed by atoms with Gasteiger partial charge in [-0.05, 0) is 5.56 Å². The minimum absolute atomic E-state index is 0.280. The number of hydrogen-bond donors (Lipinski definition) is 1. The van der Waals surface area contributed by atoms with Gasteiger partial charge < -0.3 is 9.72 Å². The highest BCUT2D eigenvalue weighted by Gasteiger charge is 2.06. The molecule has 0 amide bonds. The van der Waals surface area contributed by atoms with Gasteiger partial charge in [0.1, 0.15) is 0 Å². The lowest BCUT2D eigenvalue weighted by Crippen LogP contribution is -2.03. The zero-order valence-corrected chi connectivity index (χ0v) is 9.53. The van der Waals surface area contributed by atoms with Crippen LogP contribution >= 0.6 is 0 Å². The van der Waals surface area contributed by atoms with E-state index in [4.69, 9.17) is 4.74 Å². The minimum Gasteiger partial charge on any atom is -0.466 e. The van der Waals surface area contributed by atoms with Crippen LogP contribution in [0.5, 0.6) is 0 Å². The first-order valence-corrected chi connectivity index (χ1v) is 5.40. The third-order valence-electron chi connectivity index (χ3n) is 2.64. The molecule has 2 aromatic rings. The Hall–Kier alpha value is -2.10. The number of nitrogens with one attached hydrogen (secondary N) is 1. The summed E-state index contributed by atoms with van der Waals surface area (Å²) in [5.74, 6) is -0.280. The Morgan fingerprint density at radius 2 is 2.29 bits per heavy atom. The molecular weight excluding hydrogens is 218 g/mol. The molecule has 0 spiro atoms. The largest absolute Gasteiger partial charge is 0.466 e. The molecule has 17 heavy (non-hydrogen) atoms. The Labute approximate surface area is 98.6 Å². The van der Waals surface area contributed by atoms with Crippen molar-refractivity contribution >= 4 is 23.2 Å². The lowest BCUT2D eigenvalue weighted by atomic mass is 10.1. The average Bonchev–Trinajstić information content (AvgIpc) is 2.72. The van der Waals surface area contributed by atoms with Crippen LogP contribution in [0.1, 0.15) is 22.8 Å². The molecule has 0 saturated heterocycles. The summed E-state index contributed by atoms with van der Waals surface area (Å²) in [6, 6.07) is 5.74. The molecule has 0 unspecified atom stereocenters. The molecule has 4 heteroatoms. The number of para-hydroxylation sites is 1. The third kappa shape index (κ3) is 2.36. The first kappa shape index (κ1) is 11.4. The standard InChI is InChI=1S/C13H13NO3/c1-9(16)17-6-5-10-3-2-4-12-11(8-15)7-14-13(10)12/h2-4,7-8,14H,5-6H2,1H3. The van der Waals surface area contributed by atoms with Gasteiger partial charge >= 0.3 is 5.97 Å². The van der Waals surface area contributed by atoms with E-state index < -0.39 is 0 Å². The summed E-state index contributed by atoms with van der Waals surface area (Å²) in [6.45, 7) is 1.74. The monoisotopic (exact) mass is 231 g/mol. The molecule has 2 rings (SSSR count). The van der Waals surface area contributed by atoms with Crippen LogP contribution in [0.15, 0.2) is 24.4 Å². The van der Waals surface area contributed by atoms with Crippen molar-refractivity contribution < 1.29 is 14.3 Å². The first-order valence-electron chi connectivity index (χ1n) is 5.40. The molecular formula is C13H13NO3. The van der Waals surface area contributed by atoms with Gasteiger partial charge in [-0.3, -0.25) is 9.59 Å². The Kier molecular flexibility index (Phi) is 3.23. The van der Waals surface area contributed by atoms with Crippen molar-refractivity contribution in [2.45, 2.75) is 13.3 Å². The van der Waals surface area contributed by atoms with Gasteiger partial charge in [-0.1, -0.05) is 18.2 Å². The van der Waals surface area contributed by atoms with Crippen LogP contribution < -0.4 is 0 Å². The van der Waals surface area contributed by atoms with Gasteiger partial charge in [0.2, 0.25) is 0 Å². The quantitative estimate of drug-likeness (QED) is 0.647. The van der Waals surface area contributed by atoms with Crippen LogP contribution in [-0.4, -0.2) is 23.8 Å². The number of aldehydes is 1. The fourth-order valence-corrected chi connectivity index (χ4v) is 1.85. The number of hydrogen-bond acceptors (Lipinski definition) is 3. The second-order valence-electron chi connectivity index (χ2n) is 3.79. The zero-order chi connectivity index (χ0) is 12.3. The van der Waals surface area contributed by atoms with Crippen LogP contribution in [0.3, 0.4) is 0 Å². The van der Waals surface area contributed by atoms with Gasteiger partial charge in [0, 0.05) is 36.0 Å². The third-order valence-corrected chi connectivity index (χ3v) is 2.64. The van der Waals surface area contributed by atoms with E-state index in [9.17, 15) is 9.59 Å². The summed E-state index contributed by atoms with van der Waals surface area (Å²) in [5.41, 5.74) is 2.62. The molecule has 0 atom stereocenters. The molecule has 0 aliphatic carbocycles. The van der Waals surface area contributed by atoms with E-state index in [1.54, 1.807) is 6.20 Å². The van der Waals surface area contributed by atoms with E-state index in [-0.39, 0.29) is 5.97 Å². The normalized spacial score (nSPS) is 10.4. The lowest BCUT2D eigenvalue weighted by molar-refractivity contribution is -0.140. The van der Waals surface area contributed by atoms with Gasteiger partial charge in [-0.25, -0.2) is 0 Å². The molecule has 4 nitrogen and oxygen atoms in total. The number of carbonyl (C=O) groups is 2.